The van der Waals surface area contributed by atoms with Crippen molar-refractivity contribution in [3.05, 3.63) is 30.1 Å². The van der Waals surface area contributed by atoms with Crippen LogP contribution in [0.1, 0.15) is 44.9 Å². The molecule has 0 saturated heterocycles. The van der Waals surface area contributed by atoms with Crippen LogP contribution in [0, 0.1) is 0 Å². The van der Waals surface area contributed by atoms with E-state index in [-0.39, 0.29) is 0 Å². The van der Waals surface area contributed by atoms with E-state index in [9.17, 15) is 0 Å². The molecule has 0 saturated carbocycles. The maximum absolute atomic E-state index is 5.66. The summed E-state index contributed by atoms with van der Waals surface area (Å²) in [4.78, 5) is 4.56. The second-order valence-corrected chi connectivity index (χ2v) is 4.71. The predicted octanol–water partition coefficient (Wildman–Crippen LogP) is 3.35. The zero-order valence-electron chi connectivity index (χ0n) is 11.0. The van der Waals surface area contributed by atoms with Gasteiger partial charge in [0.25, 0.3) is 0 Å². The zero-order chi connectivity index (χ0) is 13.0. The molecule has 4 nitrogen and oxygen atoms in total. The number of nitrogens with two attached hydrogens (primary N) is 1. The molecular formula is C14H20N4. The smallest absolute Gasteiger partial charge is 0.181 e. The highest BCUT2D eigenvalue weighted by molar-refractivity contribution is 5.58. The van der Waals surface area contributed by atoms with Crippen LogP contribution < -0.4 is 5.73 Å². The molecule has 1 unspecified atom stereocenters. The molecule has 1 atom stereocenters. The van der Waals surface area contributed by atoms with Gasteiger partial charge in [0.2, 0.25) is 0 Å². The largest absolute Gasteiger partial charge is 0.399 e. The molecular weight excluding hydrogens is 224 g/mol. The molecule has 0 bridgehead atoms. The molecule has 0 fully saturated rings. The van der Waals surface area contributed by atoms with Crippen LogP contribution in [-0.2, 0) is 0 Å². The van der Waals surface area contributed by atoms with Crippen LogP contribution in [0.25, 0.3) is 11.4 Å². The third-order valence-corrected chi connectivity index (χ3v) is 3.13. The number of hydrogen-bond acceptors (Lipinski definition) is 3. The van der Waals surface area contributed by atoms with Crippen LogP contribution in [0.2, 0.25) is 0 Å². The molecule has 1 aromatic heterocycles. The van der Waals surface area contributed by atoms with E-state index in [2.05, 4.69) is 29.0 Å². The van der Waals surface area contributed by atoms with Crippen LogP contribution in [0.4, 0.5) is 5.69 Å². The Labute approximate surface area is 108 Å². The Morgan fingerprint density at radius 1 is 1.28 bits per heavy atom. The average Bonchev–Trinajstić information content (AvgIpc) is 2.86. The molecule has 18 heavy (non-hydrogen) atoms. The molecule has 0 aliphatic rings. The van der Waals surface area contributed by atoms with Gasteiger partial charge in [0, 0.05) is 17.2 Å². The van der Waals surface area contributed by atoms with Gasteiger partial charge < -0.3 is 5.73 Å². The molecule has 1 heterocycles. The lowest BCUT2D eigenvalue weighted by molar-refractivity contribution is 0.598. The monoisotopic (exact) mass is 244 g/mol. The summed E-state index contributed by atoms with van der Waals surface area (Å²) < 4.78 is 0. The molecule has 3 N–H and O–H groups in total. The first-order valence-corrected chi connectivity index (χ1v) is 6.49. The van der Waals surface area contributed by atoms with Gasteiger partial charge in [-0.2, -0.15) is 5.10 Å². The third kappa shape index (κ3) is 2.88. The van der Waals surface area contributed by atoms with Gasteiger partial charge in [0.1, 0.15) is 5.82 Å². The highest BCUT2D eigenvalue weighted by atomic mass is 15.2. The number of H-pyrrole nitrogens is 1. The van der Waals surface area contributed by atoms with Gasteiger partial charge in [-0.25, -0.2) is 4.98 Å². The number of hydrogen-bond donors (Lipinski definition) is 2. The Hall–Kier alpha value is -1.84. The van der Waals surface area contributed by atoms with E-state index in [0.29, 0.717) is 5.92 Å². The van der Waals surface area contributed by atoms with Crippen molar-refractivity contribution in [2.45, 2.75) is 39.0 Å². The van der Waals surface area contributed by atoms with Crippen LogP contribution in [0.15, 0.2) is 24.3 Å². The standard InChI is InChI=1S/C14H20N4/c1-3-4-5-10(2)13-16-14(18-17-13)11-6-8-12(15)9-7-11/h6-10H,3-5,15H2,1-2H3,(H,16,17,18). The lowest BCUT2D eigenvalue weighted by Gasteiger charge is -2.05. The van der Waals surface area contributed by atoms with Gasteiger partial charge in [-0.05, 0) is 30.7 Å². The molecule has 0 spiro atoms. The second kappa shape index (κ2) is 5.67. The first-order valence-electron chi connectivity index (χ1n) is 6.49. The van der Waals surface area contributed by atoms with E-state index in [1.165, 1.54) is 12.8 Å². The van der Waals surface area contributed by atoms with E-state index in [4.69, 9.17) is 5.73 Å². The first-order chi connectivity index (χ1) is 8.70. The van der Waals surface area contributed by atoms with Crippen LogP contribution in [-0.4, -0.2) is 15.2 Å². The summed E-state index contributed by atoms with van der Waals surface area (Å²) in [6.07, 6.45) is 3.58. The number of rotatable bonds is 5. The second-order valence-electron chi connectivity index (χ2n) is 4.71. The Morgan fingerprint density at radius 2 is 2.00 bits per heavy atom. The van der Waals surface area contributed by atoms with Gasteiger partial charge in [-0.15, -0.1) is 0 Å². The van der Waals surface area contributed by atoms with Crippen molar-refractivity contribution in [1.29, 1.82) is 0 Å². The summed E-state index contributed by atoms with van der Waals surface area (Å²) in [6, 6.07) is 7.62. The van der Waals surface area contributed by atoms with Crippen molar-refractivity contribution < 1.29 is 0 Å². The molecule has 4 heteroatoms. The van der Waals surface area contributed by atoms with Crippen LogP contribution in [0.3, 0.4) is 0 Å². The minimum Gasteiger partial charge on any atom is -0.399 e. The quantitative estimate of drug-likeness (QED) is 0.792. The summed E-state index contributed by atoms with van der Waals surface area (Å²) in [7, 11) is 0. The van der Waals surface area contributed by atoms with Gasteiger partial charge in [-0.1, -0.05) is 26.7 Å². The normalized spacial score (nSPS) is 12.6. The van der Waals surface area contributed by atoms with Crippen molar-refractivity contribution in [2.75, 3.05) is 5.73 Å². The maximum Gasteiger partial charge on any atom is 0.181 e. The number of unbranched alkanes of at least 4 members (excludes halogenated alkanes) is 1. The highest BCUT2D eigenvalue weighted by Gasteiger charge is 2.11. The Morgan fingerprint density at radius 3 is 2.67 bits per heavy atom. The topological polar surface area (TPSA) is 67.6 Å². The third-order valence-electron chi connectivity index (χ3n) is 3.13. The van der Waals surface area contributed by atoms with E-state index in [1.54, 1.807) is 0 Å². The van der Waals surface area contributed by atoms with Gasteiger partial charge >= 0.3 is 0 Å². The summed E-state index contributed by atoms with van der Waals surface area (Å²) in [5.41, 5.74) is 7.41. The number of aromatic amines is 1. The fourth-order valence-electron chi connectivity index (χ4n) is 1.90. The van der Waals surface area contributed by atoms with Crippen molar-refractivity contribution in [2.24, 2.45) is 0 Å². The molecule has 0 radical (unpaired) electrons. The van der Waals surface area contributed by atoms with Gasteiger partial charge in [0.05, 0.1) is 0 Å². The average molecular weight is 244 g/mol. The molecule has 1 aromatic carbocycles. The predicted molar refractivity (Wildman–Crippen MR) is 74.2 cm³/mol. The first kappa shape index (κ1) is 12.6. The van der Waals surface area contributed by atoms with Crippen LogP contribution in [0.5, 0.6) is 0 Å². The molecule has 0 amide bonds. The molecule has 2 aromatic rings. The maximum atomic E-state index is 5.66. The summed E-state index contributed by atoms with van der Waals surface area (Å²) in [5, 5.41) is 7.30. The lowest BCUT2D eigenvalue weighted by Crippen LogP contribution is -1.96. The van der Waals surface area contributed by atoms with Gasteiger partial charge in [-0.3, -0.25) is 5.10 Å². The summed E-state index contributed by atoms with van der Waals surface area (Å²) >= 11 is 0. The number of nitrogens with one attached hydrogen (secondary N) is 1. The fourth-order valence-corrected chi connectivity index (χ4v) is 1.90. The van der Waals surface area contributed by atoms with E-state index in [0.717, 1.165) is 29.3 Å². The summed E-state index contributed by atoms with van der Waals surface area (Å²) in [6.45, 7) is 4.38. The molecule has 2 rings (SSSR count). The number of nitrogen functional groups attached to an aromatic ring is 1. The minimum atomic E-state index is 0.431. The molecule has 0 aliphatic heterocycles. The number of nitrogens with zero attached hydrogens (tertiary/aromatic N) is 2. The van der Waals surface area contributed by atoms with Crippen molar-refractivity contribution in [3.8, 4) is 11.4 Å². The minimum absolute atomic E-state index is 0.431. The van der Waals surface area contributed by atoms with Crippen molar-refractivity contribution in [3.63, 3.8) is 0 Å². The fraction of sp³-hybridized carbons (Fsp3) is 0.429. The van der Waals surface area contributed by atoms with E-state index in [1.807, 2.05) is 24.3 Å². The SMILES string of the molecule is CCCCC(C)c1nc(-c2ccc(N)cc2)n[nH]1. The number of anilines is 1. The lowest BCUT2D eigenvalue weighted by atomic mass is 10.0. The zero-order valence-corrected chi connectivity index (χ0v) is 11.0. The summed E-state index contributed by atoms with van der Waals surface area (Å²) in [5.74, 6) is 2.14. The Bertz CT molecular complexity index is 487. The highest BCUT2D eigenvalue weighted by Crippen LogP contribution is 2.21. The Kier molecular flexibility index (Phi) is 3.97. The van der Waals surface area contributed by atoms with E-state index < -0.39 is 0 Å². The number of benzene rings is 1. The van der Waals surface area contributed by atoms with Crippen molar-refractivity contribution in [1.82, 2.24) is 15.2 Å². The van der Waals surface area contributed by atoms with Crippen LogP contribution >= 0.6 is 0 Å². The van der Waals surface area contributed by atoms with Crippen molar-refractivity contribution >= 4 is 5.69 Å². The molecule has 96 valence electrons. The van der Waals surface area contributed by atoms with E-state index >= 15 is 0 Å². The molecule has 0 aliphatic carbocycles. The number of aromatic nitrogens is 3. The van der Waals surface area contributed by atoms with Gasteiger partial charge in [0.15, 0.2) is 5.82 Å². The Balaban J connectivity index is 2.12.